The summed E-state index contributed by atoms with van der Waals surface area (Å²) in [4.78, 5) is 2.22. The van der Waals surface area contributed by atoms with E-state index in [1.54, 1.807) is 24.3 Å². The lowest BCUT2D eigenvalue weighted by molar-refractivity contribution is 0.0684. The number of rotatable bonds is 11. The predicted octanol–water partition coefficient (Wildman–Crippen LogP) is 2.19. The van der Waals surface area contributed by atoms with Gasteiger partial charge in [-0.2, -0.15) is 0 Å². The molecule has 25 heavy (non-hydrogen) atoms. The third kappa shape index (κ3) is 8.07. The van der Waals surface area contributed by atoms with Gasteiger partial charge in [0.25, 0.3) is 0 Å². The number of hydrogen-bond acceptors (Lipinski definition) is 5. The van der Waals surface area contributed by atoms with Gasteiger partial charge in [0, 0.05) is 13.6 Å². The molecule has 6 nitrogen and oxygen atoms in total. The summed E-state index contributed by atoms with van der Waals surface area (Å²) in [5.41, 5.74) is 0.571. The second kappa shape index (κ2) is 9.99. The Kier molecular flexibility index (Phi) is 8.68. The van der Waals surface area contributed by atoms with Crippen molar-refractivity contribution in [2.24, 2.45) is 5.92 Å². The first-order valence-corrected chi connectivity index (χ1v) is 10.6. The molecule has 0 amide bonds. The first-order valence-electron chi connectivity index (χ1n) is 8.70. The van der Waals surface area contributed by atoms with E-state index in [1.807, 2.05) is 0 Å². The molecule has 1 aromatic carbocycles. The number of nitrogens with zero attached hydrogens (tertiary/aromatic N) is 2. The topological polar surface area (TPSA) is 70.1 Å². The van der Waals surface area contributed by atoms with Crippen molar-refractivity contribution in [3.63, 3.8) is 0 Å². The van der Waals surface area contributed by atoms with Crippen LogP contribution >= 0.6 is 0 Å². The van der Waals surface area contributed by atoms with Gasteiger partial charge in [-0.3, -0.25) is 4.31 Å². The van der Waals surface area contributed by atoms with Crippen LogP contribution in [-0.4, -0.2) is 64.1 Å². The molecule has 0 spiro atoms. The molecule has 1 unspecified atom stereocenters. The molecule has 0 radical (unpaired) electrons. The van der Waals surface area contributed by atoms with Crippen LogP contribution in [0.15, 0.2) is 24.3 Å². The Hall–Kier alpha value is -1.31. The normalized spacial score (nSPS) is 13.3. The summed E-state index contributed by atoms with van der Waals surface area (Å²) in [7, 11) is -1.77. The van der Waals surface area contributed by atoms with E-state index in [4.69, 9.17) is 4.74 Å². The van der Waals surface area contributed by atoms with Gasteiger partial charge >= 0.3 is 0 Å². The second-order valence-corrected chi connectivity index (χ2v) is 8.78. The van der Waals surface area contributed by atoms with Gasteiger partial charge in [0.1, 0.15) is 18.5 Å². The SMILES string of the molecule is CCN(CCC(C)C)CC(O)COc1ccc(N(C)S(C)(=O)=O)cc1. The molecule has 0 heterocycles. The van der Waals surface area contributed by atoms with Crippen LogP contribution in [-0.2, 0) is 10.0 Å². The minimum absolute atomic E-state index is 0.208. The average Bonchev–Trinajstić information content (AvgIpc) is 2.55. The standard InChI is InChI=1S/C18H32N2O4S/c1-6-20(12-11-15(2)3)13-17(21)14-24-18-9-7-16(8-10-18)19(4)25(5,22)23/h7-10,15,17,21H,6,11-14H2,1-5H3. The lowest BCUT2D eigenvalue weighted by atomic mass is 10.1. The van der Waals surface area contributed by atoms with Crippen molar-refractivity contribution >= 4 is 15.7 Å². The molecule has 0 aliphatic heterocycles. The summed E-state index contributed by atoms with van der Waals surface area (Å²) in [5, 5.41) is 10.2. The molecule has 144 valence electrons. The van der Waals surface area contributed by atoms with Gasteiger partial charge in [-0.15, -0.1) is 0 Å². The molecule has 1 N–H and O–H groups in total. The minimum atomic E-state index is -3.28. The smallest absolute Gasteiger partial charge is 0.231 e. The number of aliphatic hydroxyl groups excluding tert-OH is 1. The first kappa shape index (κ1) is 21.7. The van der Waals surface area contributed by atoms with Gasteiger partial charge in [-0.1, -0.05) is 20.8 Å². The maximum absolute atomic E-state index is 11.5. The summed E-state index contributed by atoms with van der Waals surface area (Å²) in [6, 6.07) is 6.79. The van der Waals surface area contributed by atoms with Crippen LogP contribution < -0.4 is 9.04 Å². The number of sulfonamides is 1. The zero-order valence-corrected chi connectivity index (χ0v) is 16.8. The third-order valence-corrected chi connectivity index (χ3v) is 5.28. The van der Waals surface area contributed by atoms with E-state index in [9.17, 15) is 13.5 Å². The molecule has 1 rings (SSSR count). The lowest BCUT2D eigenvalue weighted by Crippen LogP contribution is -2.36. The molecular weight excluding hydrogens is 340 g/mol. The van der Waals surface area contributed by atoms with Crippen molar-refractivity contribution in [2.75, 3.05) is 43.8 Å². The van der Waals surface area contributed by atoms with Crippen LogP contribution in [0.5, 0.6) is 5.75 Å². The first-order chi connectivity index (χ1) is 11.6. The van der Waals surface area contributed by atoms with Crippen LogP contribution in [0, 0.1) is 5.92 Å². The molecule has 0 fully saturated rings. The molecule has 0 bridgehead atoms. The van der Waals surface area contributed by atoms with E-state index in [0.717, 1.165) is 25.8 Å². The highest BCUT2D eigenvalue weighted by molar-refractivity contribution is 7.92. The zero-order valence-electron chi connectivity index (χ0n) is 16.0. The molecule has 0 aliphatic carbocycles. The Balaban J connectivity index is 2.49. The van der Waals surface area contributed by atoms with Crippen molar-refractivity contribution in [3.8, 4) is 5.75 Å². The number of likely N-dealkylation sites (N-methyl/N-ethyl adjacent to an activating group) is 1. The molecule has 1 atom stereocenters. The van der Waals surface area contributed by atoms with Crippen LogP contribution in [0.25, 0.3) is 0 Å². The summed E-state index contributed by atoms with van der Waals surface area (Å²) in [6.07, 6.45) is 1.70. The number of benzene rings is 1. The van der Waals surface area contributed by atoms with Crippen LogP contribution in [0.1, 0.15) is 27.2 Å². The Morgan fingerprint density at radius 3 is 2.28 bits per heavy atom. The van der Waals surface area contributed by atoms with E-state index in [2.05, 4.69) is 25.7 Å². The van der Waals surface area contributed by atoms with Crippen molar-refractivity contribution in [1.29, 1.82) is 0 Å². The fourth-order valence-corrected chi connectivity index (χ4v) is 2.81. The third-order valence-electron chi connectivity index (χ3n) is 4.08. The van der Waals surface area contributed by atoms with Crippen molar-refractivity contribution in [2.45, 2.75) is 33.3 Å². The largest absolute Gasteiger partial charge is 0.491 e. The number of ether oxygens (including phenoxy) is 1. The number of aliphatic hydroxyl groups is 1. The van der Waals surface area contributed by atoms with Gasteiger partial charge in [-0.05, 0) is 49.7 Å². The Morgan fingerprint density at radius 2 is 1.80 bits per heavy atom. The van der Waals surface area contributed by atoms with Crippen LogP contribution in [0.2, 0.25) is 0 Å². The fourth-order valence-electron chi connectivity index (χ4n) is 2.31. The zero-order chi connectivity index (χ0) is 19.0. The molecule has 7 heteroatoms. The fraction of sp³-hybridized carbons (Fsp3) is 0.667. The van der Waals surface area contributed by atoms with Crippen molar-refractivity contribution < 1.29 is 18.3 Å². The van der Waals surface area contributed by atoms with E-state index in [-0.39, 0.29) is 6.61 Å². The van der Waals surface area contributed by atoms with Gasteiger partial charge in [0.2, 0.25) is 10.0 Å². The Labute approximate surface area is 152 Å². The van der Waals surface area contributed by atoms with E-state index >= 15 is 0 Å². The summed E-state index contributed by atoms with van der Waals surface area (Å²) < 4.78 is 29.9. The van der Waals surface area contributed by atoms with E-state index in [0.29, 0.717) is 23.9 Å². The molecule has 1 aromatic rings. The molecular formula is C18H32N2O4S. The number of hydrogen-bond donors (Lipinski definition) is 1. The van der Waals surface area contributed by atoms with Gasteiger partial charge in [-0.25, -0.2) is 8.42 Å². The molecule has 0 aromatic heterocycles. The lowest BCUT2D eigenvalue weighted by Gasteiger charge is -2.24. The summed E-state index contributed by atoms with van der Waals surface area (Å²) in [5.74, 6) is 1.25. The Morgan fingerprint density at radius 1 is 1.20 bits per heavy atom. The quantitative estimate of drug-likeness (QED) is 0.645. The minimum Gasteiger partial charge on any atom is -0.491 e. The highest BCUT2D eigenvalue weighted by atomic mass is 32.2. The maximum atomic E-state index is 11.5. The highest BCUT2D eigenvalue weighted by Gasteiger charge is 2.13. The monoisotopic (exact) mass is 372 g/mol. The highest BCUT2D eigenvalue weighted by Crippen LogP contribution is 2.20. The summed E-state index contributed by atoms with van der Waals surface area (Å²) >= 11 is 0. The Bertz CT molecular complexity index is 602. The van der Waals surface area contributed by atoms with Crippen LogP contribution in [0.4, 0.5) is 5.69 Å². The molecule has 0 saturated heterocycles. The summed E-state index contributed by atoms with van der Waals surface area (Å²) in [6.45, 7) is 9.13. The van der Waals surface area contributed by atoms with Crippen molar-refractivity contribution in [3.05, 3.63) is 24.3 Å². The van der Waals surface area contributed by atoms with Gasteiger partial charge < -0.3 is 14.7 Å². The van der Waals surface area contributed by atoms with Gasteiger partial charge in [0.05, 0.1) is 11.9 Å². The van der Waals surface area contributed by atoms with Gasteiger partial charge in [0.15, 0.2) is 0 Å². The predicted molar refractivity (Wildman–Crippen MR) is 103 cm³/mol. The maximum Gasteiger partial charge on any atom is 0.231 e. The number of anilines is 1. The van der Waals surface area contributed by atoms with E-state index in [1.165, 1.54) is 11.4 Å². The van der Waals surface area contributed by atoms with Crippen LogP contribution in [0.3, 0.4) is 0 Å². The molecule has 0 saturated carbocycles. The van der Waals surface area contributed by atoms with Crippen molar-refractivity contribution in [1.82, 2.24) is 4.90 Å². The second-order valence-electron chi connectivity index (χ2n) is 6.76. The molecule has 0 aliphatic rings. The van der Waals surface area contributed by atoms with E-state index < -0.39 is 16.1 Å². The average molecular weight is 373 g/mol.